The van der Waals surface area contributed by atoms with Gasteiger partial charge in [-0.15, -0.1) is 0 Å². The van der Waals surface area contributed by atoms with Crippen molar-refractivity contribution >= 4 is 11.6 Å². The average molecular weight is 414 g/mol. The van der Waals surface area contributed by atoms with E-state index in [0.717, 1.165) is 23.2 Å². The third-order valence-corrected chi connectivity index (χ3v) is 5.71. The molecule has 0 aliphatic carbocycles. The molecule has 156 valence electrons. The first-order valence-corrected chi connectivity index (χ1v) is 10.1. The van der Waals surface area contributed by atoms with E-state index in [2.05, 4.69) is 10.1 Å². The molecule has 7 nitrogen and oxygen atoms in total. The van der Waals surface area contributed by atoms with Gasteiger partial charge in [-0.2, -0.15) is 5.10 Å². The number of fused-ring (bicyclic) bond motifs is 2. The molecule has 31 heavy (non-hydrogen) atoms. The minimum absolute atomic E-state index is 0.0758. The normalized spacial score (nSPS) is 13.2. The molecule has 4 aromatic rings. The van der Waals surface area contributed by atoms with Crippen molar-refractivity contribution < 1.29 is 14.3 Å². The van der Waals surface area contributed by atoms with Crippen LogP contribution in [0.1, 0.15) is 21.5 Å². The minimum Gasteiger partial charge on any atom is -0.493 e. The largest absolute Gasteiger partial charge is 0.493 e. The van der Waals surface area contributed by atoms with E-state index in [1.807, 2.05) is 53.4 Å². The SMILES string of the molecule is COc1cc2c(cc1OC)CN(C(=O)c1cnn3c(-c4ccccc4)ccnc13)CC2. The molecule has 5 rings (SSSR count). The smallest absolute Gasteiger partial charge is 0.259 e. The van der Waals surface area contributed by atoms with Crippen molar-refractivity contribution in [2.75, 3.05) is 20.8 Å². The van der Waals surface area contributed by atoms with Crippen LogP contribution in [0, 0.1) is 0 Å². The molecule has 0 saturated carbocycles. The molecule has 1 aliphatic heterocycles. The van der Waals surface area contributed by atoms with Gasteiger partial charge < -0.3 is 14.4 Å². The Bertz CT molecular complexity index is 1270. The van der Waals surface area contributed by atoms with Gasteiger partial charge in [-0.3, -0.25) is 4.79 Å². The first-order valence-electron chi connectivity index (χ1n) is 10.1. The fraction of sp³-hybridized carbons (Fsp3) is 0.208. The molecule has 0 atom stereocenters. The second kappa shape index (κ2) is 7.75. The van der Waals surface area contributed by atoms with Crippen LogP contribution < -0.4 is 9.47 Å². The first-order chi connectivity index (χ1) is 15.2. The Morgan fingerprint density at radius 2 is 1.74 bits per heavy atom. The standard InChI is InChI=1S/C24H22N4O3/c1-30-21-12-17-9-11-27(15-18(17)13-22(21)31-2)24(29)19-14-26-28-20(8-10-25-23(19)28)16-6-4-3-5-7-16/h3-8,10,12-14H,9,11,15H2,1-2H3. The van der Waals surface area contributed by atoms with Gasteiger partial charge in [-0.1, -0.05) is 30.3 Å². The van der Waals surface area contributed by atoms with Crippen LogP contribution >= 0.6 is 0 Å². The van der Waals surface area contributed by atoms with Crippen LogP contribution in [0.25, 0.3) is 16.9 Å². The highest BCUT2D eigenvalue weighted by molar-refractivity contribution is 6.00. The zero-order valence-corrected chi connectivity index (χ0v) is 17.4. The van der Waals surface area contributed by atoms with Crippen molar-refractivity contribution in [1.29, 1.82) is 0 Å². The number of ether oxygens (including phenoxy) is 2. The Morgan fingerprint density at radius 1 is 1.00 bits per heavy atom. The van der Waals surface area contributed by atoms with E-state index in [9.17, 15) is 4.79 Å². The number of methoxy groups -OCH3 is 2. The summed E-state index contributed by atoms with van der Waals surface area (Å²) >= 11 is 0. The summed E-state index contributed by atoms with van der Waals surface area (Å²) in [6, 6.07) is 15.8. The van der Waals surface area contributed by atoms with Gasteiger partial charge in [0.1, 0.15) is 5.56 Å². The van der Waals surface area contributed by atoms with Gasteiger partial charge >= 0.3 is 0 Å². The van der Waals surface area contributed by atoms with Gasteiger partial charge in [0, 0.05) is 24.8 Å². The lowest BCUT2D eigenvalue weighted by molar-refractivity contribution is 0.0736. The van der Waals surface area contributed by atoms with Crippen molar-refractivity contribution in [1.82, 2.24) is 19.5 Å². The molecular formula is C24H22N4O3. The Balaban J connectivity index is 1.48. The maximum atomic E-state index is 13.4. The predicted molar refractivity (Wildman–Crippen MR) is 116 cm³/mol. The molecule has 0 fully saturated rings. The summed E-state index contributed by atoms with van der Waals surface area (Å²) in [4.78, 5) is 19.7. The molecule has 0 unspecified atom stereocenters. The fourth-order valence-corrected chi connectivity index (χ4v) is 4.10. The Labute approximate surface area is 179 Å². The summed E-state index contributed by atoms with van der Waals surface area (Å²) < 4.78 is 12.6. The highest BCUT2D eigenvalue weighted by Crippen LogP contribution is 2.33. The topological polar surface area (TPSA) is 69.0 Å². The zero-order valence-electron chi connectivity index (χ0n) is 17.4. The lowest BCUT2D eigenvalue weighted by Gasteiger charge is -2.29. The van der Waals surface area contributed by atoms with Crippen LogP contribution in [0.4, 0.5) is 0 Å². The second-order valence-corrected chi connectivity index (χ2v) is 7.44. The van der Waals surface area contributed by atoms with Gasteiger partial charge in [0.2, 0.25) is 0 Å². The number of aromatic nitrogens is 3. The number of nitrogens with zero attached hydrogens (tertiary/aromatic N) is 4. The third-order valence-electron chi connectivity index (χ3n) is 5.71. The molecule has 1 aliphatic rings. The quantitative estimate of drug-likeness (QED) is 0.510. The summed E-state index contributed by atoms with van der Waals surface area (Å²) in [5.41, 5.74) is 5.21. The lowest BCUT2D eigenvalue weighted by Crippen LogP contribution is -2.36. The molecule has 0 radical (unpaired) electrons. The number of hydrogen-bond donors (Lipinski definition) is 0. The number of carbonyl (C=O) groups excluding carboxylic acids is 1. The van der Waals surface area contributed by atoms with Crippen molar-refractivity contribution in [3.05, 3.63) is 77.6 Å². The zero-order chi connectivity index (χ0) is 21.4. The number of benzene rings is 2. The number of amides is 1. The number of rotatable bonds is 4. The van der Waals surface area contributed by atoms with Gasteiger partial charge in [-0.05, 0) is 35.7 Å². The van der Waals surface area contributed by atoms with E-state index >= 15 is 0 Å². The highest BCUT2D eigenvalue weighted by atomic mass is 16.5. The average Bonchev–Trinajstić information content (AvgIpc) is 3.27. The van der Waals surface area contributed by atoms with E-state index in [4.69, 9.17) is 9.47 Å². The van der Waals surface area contributed by atoms with Crippen LogP contribution in [0.15, 0.2) is 60.9 Å². The minimum atomic E-state index is -0.0758. The molecule has 0 N–H and O–H groups in total. The van der Waals surface area contributed by atoms with Crippen molar-refractivity contribution in [2.45, 2.75) is 13.0 Å². The van der Waals surface area contributed by atoms with Crippen LogP contribution in [-0.4, -0.2) is 46.2 Å². The first kappa shape index (κ1) is 19.1. The number of carbonyl (C=O) groups is 1. The van der Waals surface area contributed by atoms with E-state index in [-0.39, 0.29) is 5.91 Å². The molecule has 1 amide bonds. The van der Waals surface area contributed by atoms with E-state index in [1.54, 1.807) is 31.1 Å². The highest BCUT2D eigenvalue weighted by Gasteiger charge is 2.26. The molecule has 2 aromatic carbocycles. The molecule has 7 heteroatoms. The molecule has 0 bridgehead atoms. The van der Waals surface area contributed by atoms with Crippen LogP contribution in [-0.2, 0) is 13.0 Å². The van der Waals surface area contributed by atoms with Crippen molar-refractivity contribution in [3.63, 3.8) is 0 Å². The van der Waals surface area contributed by atoms with Gasteiger partial charge in [0.25, 0.3) is 5.91 Å². The summed E-state index contributed by atoms with van der Waals surface area (Å²) in [7, 11) is 3.25. The molecular weight excluding hydrogens is 392 g/mol. The van der Waals surface area contributed by atoms with Gasteiger partial charge in [0.05, 0.1) is 26.1 Å². The Morgan fingerprint density at radius 3 is 2.48 bits per heavy atom. The third kappa shape index (κ3) is 3.28. The van der Waals surface area contributed by atoms with E-state index < -0.39 is 0 Å². The summed E-state index contributed by atoms with van der Waals surface area (Å²) in [5, 5.41) is 4.48. The fourth-order valence-electron chi connectivity index (χ4n) is 4.10. The summed E-state index contributed by atoms with van der Waals surface area (Å²) in [5.74, 6) is 1.30. The molecule has 0 saturated heterocycles. The van der Waals surface area contributed by atoms with Crippen molar-refractivity contribution in [2.24, 2.45) is 0 Å². The molecule has 2 aromatic heterocycles. The summed E-state index contributed by atoms with van der Waals surface area (Å²) in [6.45, 7) is 1.13. The maximum Gasteiger partial charge on any atom is 0.259 e. The lowest BCUT2D eigenvalue weighted by atomic mass is 9.98. The molecule has 0 spiro atoms. The predicted octanol–water partition coefficient (Wildman–Crippen LogP) is 3.61. The van der Waals surface area contributed by atoms with Crippen LogP contribution in [0.5, 0.6) is 11.5 Å². The van der Waals surface area contributed by atoms with Gasteiger partial charge in [0.15, 0.2) is 17.1 Å². The van der Waals surface area contributed by atoms with Gasteiger partial charge in [-0.25, -0.2) is 9.50 Å². The second-order valence-electron chi connectivity index (χ2n) is 7.44. The Kier molecular flexibility index (Phi) is 4.78. The maximum absolute atomic E-state index is 13.4. The molecule has 3 heterocycles. The Hall–Kier alpha value is -3.87. The van der Waals surface area contributed by atoms with E-state index in [1.165, 1.54) is 5.56 Å². The summed E-state index contributed by atoms with van der Waals surface area (Å²) in [6.07, 6.45) is 4.09. The monoisotopic (exact) mass is 414 g/mol. The van der Waals surface area contributed by atoms with Crippen LogP contribution in [0.2, 0.25) is 0 Å². The number of hydrogen-bond acceptors (Lipinski definition) is 5. The van der Waals surface area contributed by atoms with Crippen LogP contribution in [0.3, 0.4) is 0 Å². The van der Waals surface area contributed by atoms with Crippen molar-refractivity contribution in [3.8, 4) is 22.8 Å². The van der Waals surface area contributed by atoms with E-state index in [0.29, 0.717) is 35.8 Å².